The summed E-state index contributed by atoms with van der Waals surface area (Å²) in [6.45, 7) is 15.9. The van der Waals surface area contributed by atoms with E-state index < -0.39 is 5.54 Å². The first kappa shape index (κ1) is 18.4. The van der Waals surface area contributed by atoms with Gasteiger partial charge in [0.2, 0.25) is 5.91 Å². The van der Waals surface area contributed by atoms with Crippen molar-refractivity contribution in [3.05, 3.63) is 0 Å². The van der Waals surface area contributed by atoms with Crippen LogP contribution in [-0.4, -0.2) is 66.1 Å². The van der Waals surface area contributed by atoms with Crippen LogP contribution in [0.25, 0.3) is 0 Å². The van der Waals surface area contributed by atoms with E-state index in [-0.39, 0.29) is 11.9 Å². The fourth-order valence-corrected chi connectivity index (χ4v) is 2.97. The monoisotopic (exact) mass is 298 g/mol. The predicted molar refractivity (Wildman–Crippen MR) is 88.3 cm³/mol. The number of carbonyl (C=O) groups excluding carboxylic acids is 1. The molecule has 1 aliphatic rings. The molecule has 0 saturated carbocycles. The Bertz CT molecular complexity index is 326. The van der Waals surface area contributed by atoms with Crippen LogP contribution < -0.4 is 11.1 Å². The van der Waals surface area contributed by atoms with Gasteiger partial charge in [-0.3, -0.25) is 9.69 Å². The topological polar surface area (TPSA) is 61.6 Å². The molecule has 0 aromatic carbocycles. The minimum Gasteiger partial charge on any atom is -0.368 e. The number of rotatable bonds is 8. The van der Waals surface area contributed by atoms with E-state index in [1.807, 2.05) is 20.8 Å². The van der Waals surface area contributed by atoms with Gasteiger partial charge in [0.1, 0.15) is 0 Å². The van der Waals surface area contributed by atoms with E-state index in [0.29, 0.717) is 6.04 Å². The summed E-state index contributed by atoms with van der Waals surface area (Å²) in [7, 11) is 0. The summed E-state index contributed by atoms with van der Waals surface area (Å²) in [5, 5.41) is 3.32. The Kier molecular flexibility index (Phi) is 7.10. The molecule has 5 nitrogen and oxygen atoms in total. The number of nitrogens with one attached hydrogen (secondary N) is 1. The molecular weight excluding hydrogens is 264 g/mol. The highest BCUT2D eigenvalue weighted by Crippen LogP contribution is 2.14. The van der Waals surface area contributed by atoms with Crippen LogP contribution in [0.4, 0.5) is 0 Å². The highest BCUT2D eigenvalue weighted by Gasteiger charge is 2.32. The van der Waals surface area contributed by atoms with Gasteiger partial charge in [0.25, 0.3) is 0 Å². The highest BCUT2D eigenvalue weighted by molar-refractivity contribution is 5.84. The number of hydrogen-bond acceptors (Lipinski definition) is 4. The summed E-state index contributed by atoms with van der Waals surface area (Å²) < 4.78 is 0. The zero-order valence-electron chi connectivity index (χ0n) is 14.5. The van der Waals surface area contributed by atoms with Gasteiger partial charge in [-0.05, 0) is 40.5 Å². The average molecular weight is 298 g/mol. The normalized spacial score (nSPS) is 22.2. The minimum absolute atomic E-state index is 0.254. The van der Waals surface area contributed by atoms with Crippen LogP contribution in [0.5, 0.6) is 0 Å². The van der Waals surface area contributed by atoms with E-state index in [2.05, 4.69) is 29.0 Å². The van der Waals surface area contributed by atoms with Crippen molar-refractivity contribution in [3.8, 4) is 0 Å². The maximum absolute atomic E-state index is 11.7. The van der Waals surface area contributed by atoms with E-state index in [9.17, 15) is 4.79 Å². The van der Waals surface area contributed by atoms with Gasteiger partial charge in [0.05, 0.1) is 5.54 Å². The van der Waals surface area contributed by atoms with Crippen molar-refractivity contribution in [3.63, 3.8) is 0 Å². The summed E-state index contributed by atoms with van der Waals surface area (Å²) >= 11 is 0. The number of nitrogens with zero attached hydrogens (tertiary/aromatic N) is 2. The number of amides is 1. The summed E-state index contributed by atoms with van der Waals surface area (Å²) in [4.78, 5) is 16.7. The fraction of sp³-hybridized carbons (Fsp3) is 0.938. The minimum atomic E-state index is -0.609. The summed E-state index contributed by atoms with van der Waals surface area (Å²) in [6, 6.07) is 0.926. The predicted octanol–water partition coefficient (Wildman–Crippen LogP) is 1.03. The largest absolute Gasteiger partial charge is 0.368 e. The molecule has 2 unspecified atom stereocenters. The second-order valence-electron chi connectivity index (χ2n) is 6.88. The molecule has 1 rings (SSSR count). The van der Waals surface area contributed by atoms with Crippen molar-refractivity contribution in [2.75, 3.05) is 32.7 Å². The lowest BCUT2D eigenvalue weighted by molar-refractivity contribution is -0.124. The zero-order valence-corrected chi connectivity index (χ0v) is 14.5. The lowest BCUT2D eigenvalue weighted by atomic mass is 9.95. The van der Waals surface area contributed by atoms with Crippen molar-refractivity contribution in [1.29, 1.82) is 0 Å². The first-order valence-electron chi connectivity index (χ1n) is 8.32. The Morgan fingerprint density at radius 3 is 2.24 bits per heavy atom. The van der Waals surface area contributed by atoms with Gasteiger partial charge in [-0.1, -0.05) is 6.92 Å². The van der Waals surface area contributed by atoms with Crippen molar-refractivity contribution in [2.45, 2.75) is 65.1 Å². The number of nitrogens with two attached hydrogens (primary N) is 1. The molecule has 0 aromatic heterocycles. The standard InChI is InChI=1S/C16H34N4O/c1-6-14(4)20-11-9-19(10-12-20)8-7-16(5,15(17)21)18-13(2)3/h13-14,18H,6-12H2,1-5H3,(H2,17,21). The molecule has 2 atom stereocenters. The Morgan fingerprint density at radius 1 is 1.24 bits per heavy atom. The first-order chi connectivity index (χ1) is 9.78. The van der Waals surface area contributed by atoms with Gasteiger partial charge in [0.15, 0.2) is 0 Å². The molecule has 5 heteroatoms. The van der Waals surface area contributed by atoms with Gasteiger partial charge in [-0.2, -0.15) is 0 Å². The second kappa shape index (κ2) is 8.11. The van der Waals surface area contributed by atoms with E-state index in [1.165, 1.54) is 6.42 Å². The molecule has 1 heterocycles. The Morgan fingerprint density at radius 2 is 1.81 bits per heavy atom. The van der Waals surface area contributed by atoms with Crippen molar-refractivity contribution in [1.82, 2.24) is 15.1 Å². The third-order valence-electron chi connectivity index (χ3n) is 4.70. The van der Waals surface area contributed by atoms with E-state index in [4.69, 9.17) is 5.73 Å². The molecule has 1 fully saturated rings. The van der Waals surface area contributed by atoms with E-state index in [0.717, 1.165) is 39.1 Å². The van der Waals surface area contributed by atoms with Crippen LogP contribution in [0.1, 0.15) is 47.5 Å². The molecular formula is C16H34N4O. The lowest BCUT2D eigenvalue weighted by Crippen LogP contribution is -2.57. The van der Waals surface area contributed by atoms with Crippen LogP contribution in [0.15, 0.2) is 0 Å². The molecule has 0 aromatic rings. The van der Waals surface area contributed by atoms with Gasteiger partial charge in [-0.25, -0.2) is 0 Å². The van der Waals surface area contributed by atoms with Crippen molar-refractivity contribution >= 4 is 5.91 Å². The van der Waals surface area contributed by atoms with Gasteiger partial charge in [-0.15, -0.1) is 0 Å². The highest BCUT2D eigenvalue weighted by atomic mass is 16.1. The third kappa shape index (κ3) is 5.57. The molecule has 21 heavy (non-hydrogen) atoms. The molecule has 124 valence electrons. The number of hydrogen-bond donors (Lipinski definition) is 2. The van der Waals surface area contributed by atoms with Gasteiger partial charge in [0, 0.05) is 44.8 Å². The first-order valence-corrected chi connectivity index (χ1v) is 8.32. The number of carbonyl (C=O) groups is 1. The molecule has 1 aliphatic heterocycles. The molecule has 0 bridgehead atoms. The SMILES string of the molecule is CCC(C)N1CCN(CCC(C)(NC(C)C)C(N)=O)CC1. The van der Waals surface area contributed by atoms with Gasteiger partial charge < -0.3 is 16.0 Å². The summed E-state index contributed by atoms with van der Waals surface area (Å²) in [5.41, 5.74) is 4.98. The lowest BCUT2D eigenvalue weighted by Gasteiger charge is -2.39. The zero-order chi connectivity index (χ0) is 16.0. The molecule has 0 spiro atoms. The Labute approximate surface area is 130 Å². The van der Waals surface area contributed by atoms with Crippen molar-refractivity contribution < 1.29 is 4.79 Å². The molecule has 0 radical (unpaired) electrons. The number of piperazine rings is 1. The maximum atomic E-state index is 11.7. The maximum Gasteiger partial charge on any atom is 0.237 e. The average Bonchev–Trinajstić information content (AvgIpc) is 2.44. The number of primary amides is 1. The smallest absolute Gasteiger partial charge is 0.237 e. The molecule has 1 saturated heterocycles. The fourth-order valence-electron chi connectivity index (χ4n) is 2.97. The van der Waals surface area contributed by atoms with Crippen LogP contribution in [0.3, 0.4) is 0 Å². The Balaban J connectivity index is 2.43. The quantitative estimate of drug-likeness (QED) is 0.703. The summed E-state index contributed by atoms with van der Waals surface area (Å²) in [5.74, 6) is -0.255. The third-order valence-corrected chi connectivity index (χ3v) is 4.70. The van der Waals surface area contributed by atoms with Crippen LogP contribution in [0.2, 0.25) is 0 Å². The van der Waals surface area contributed by atoms with Crippen LogP contribution in [-0.2, 0) is 4.79 Å². The molecule has 1 amide bonds. The molecule has 0 aliphatic carbocycles. The van der Waals surface area contributed by atoms with Gasteiger partial charge >= 0.3 is 0 Å². The second-order valence-corrected chi connectivity index (χ2v) is 6.88. The molecule has 3 N–H and O–H groups in total. The van der Waals surface area contributed by atoms with Crippen LogP contribution >= 0.6 is 0 Å². The summed E-state index contributed by atoms with van der Waals surface area (Å²) in [6.07, 6.45) is 1.97. The van der Waals surface area contributed by atoms with Crippen molar-refractivity contribution in [2.24, 2.45) is 5.73 Å². The Hall–Kier alpha value is -0.650. The van der Waals surface area contributed by atoms with E-state index >= 15 is 0 Å². The van der Waals surface area contributed by atoms with E-state index in [1.54, 1.807) is 0 Å². The van der Waals surface area contributed by atoms with Crippen LogP contribution in [0, 0.1) is 0 Å².